The summed E-state index contributed by atoms with van der Waals surface area (Å²) in [5.74, 6) is 1.75. The quantitative estimate of drug-likeness (QED) is 0.916. The van der Waals surface area contributed by atoms with Crippen LogP contribution in [0.3, 0.4) is 0 Å². The normalized spacial score (nSPS) is 19.7. The predicted molar refractivity (Wildman–Crippen MR) is 79.5 cm³/mol. The van der Waals surface area contributed by atoms with Crippen molar-refractivity contribution >= 4 is 11.0 Å². The van der Waals surface area contributed by atoms with Gasteiger partial charge in [0.25, 0.3) is 0 Å². The number of benzene rings is 1. The highest BCUT2D eigenvalue weighted by molar-refractivity contribution is 5.80. The molecule has 1 aromatic carbocycles. The molecule has 1 N–H and O–H groups in total. The van der Waals surface area contributed by atoms with Gasteiger partial charge in [0.15, 0.2) is 0 Å². The first-order valence-corrected chi connectivity index (χ1v) is 7.34. The third-order valence-corrected chi connectivity index (χ3v) is 4.23. The molecule has 0 amide bonds. The summed E-state index contributed by atoms with van der Waals surface area (Å²) in [6.45, 7) is 5.66. The van der Waals surface area contributed by atoms with Crippen LogP contribution in [0.4, 0.5) is 0 Å². The number of imidazole rings is 1. The molecular formula is C16H23N3. The molecule has 1 aliphatic rings. The SMILES string of the molecule is CC(C)c1cccc2nc(CC3CCCN3)n(C)c12. The van der Waals surface area contributed by atoms with E-state index in [-0.39, 0.29) is 0 Å². The van der Waals surface area contributed by atoms with Crippen molar-refractivity contribution in [3.63, 3.8) is 0 Å². The highest BCUT2D eigenvalue weighted by Crippen LogP contribution is 2.26. The van der Waals surface area contributed by atoms with E-state index in [1.54, 1.807) is 0 Å². The number of para-hydroxylation sites is 1. The van der Waals surface area contributed by atoms with Crippen molar-refractivity contribution < 1.29 is 0 Å². The molecule has 1 fully saturated rings. The zero-order chi connectivity index (χ0) is 13.4. The van der Waals surface area contributed by atoms with Crippen LogP contribution in [0.2, 0.25) is 0 Å². The smallest absolute Gasteiger partial charge is 0.111 e. The van der Waals surface area contributed by atoms with E-state index in [1.807, 2.05) is 0 Å². The Morgan fingerprint density at radius 2 is 2.26 bits per heavy atom. The molecule has 19 heavy (non-hydrogen) atoms. The summed E-state index contributed by atoms with van der Waals surface area (Å²) in [7, 11) is 2.16. The molecule has 3 rings (SSSR count). The average Bonchev–Trinajstić information content (AvgIpc) is 2.99. The number of hydrogen-bond donors (Lipinski definition) is 1. The molecule has 0 aliphatic carbocycles. The maximum atomic E-state index is 4.84. The van der Waals surface area contributed by atoms with Crippen molar-refractivity contribution in [3.05, 3.63) is 29.6 Å². The summed E-state index contributed by atoms with van der Waals surface area (Å²) in [4.78, 5) is 4.84. The van der Waals surface area contributed by atoms with Crippen LogP contribution in [0, 0.1) is 0 Å². The van der Waals surface area contributed by atoms with E-state index in [9.17, 15) is 0 Å². The summed E-state index contributed by atoms with van der Waals surface area (Å²) in [6, 6.07) is 7.10. The predicted octanol–water partition coefficient (Wildman–Crippen LogP) is 2.99. The van der Waals surface area contributed by atoms with Crippen LogP contribution in [-0.4, -0.2) is 22.1 Å². The summed E-state index contributed by atoms with van der Waals surface area (Å²) >= 11 is 0. The minimum Gasteiger partial charge on any atom is -0.331 e. The Kier molecular flexibility index (Phi) is 3.31. The molecule has 0 spiro atoms. The molecule has 1 aliphatic heterocycles. The van der Waals surface area contributed by atoms with E-state index in [0.717, 1.165) is 18.5 Å². The van der Waals surface area contributed by atoms with E-state index < -0.39 is 0 Å². The lowest BCUT2D eigenvalue weighted by Crippen LogP contribution is -2.25. The van der Waals surface area contributed by atoms with Crippen molar-refractivity contribution in [1.29, 1.82) is 0 Å². The van der Waals surface area contributed by atoms with Gasteiger partial charge in [0, 0.05) is 19.5 Å². The number of nitrogens with zero attached hydrogens (tertiary/aromatic N) is 2. The lowest BCUT2D eigenvalue weighted by molar-refractivity contribution is 0.575. The van der Waals surface area contributed by atoms with E-state index in [1.165, 1.54) is 29.7 Å². The monoisotopic (exact) mass is 257 g/mol. The van der Waals surface area contributed by atoms with Crippen LogP contribution in [0.1, 0.15) is 44.0 Å². The number of fused-ring (bicyclic) bond motifs is 1. The Hall–Kier alpha value is -1.35. The van der Waals surface area contributed by atoms with Gasteiger partial charge in [-0.25, -0.2) is 4.98 Å². The van der Waals surface area contributed by atoms with Crippen molar-refractivity contribution in [3.8, 4) is 0 Å². The molecule has 1 unspecified atom stereocenters. The van der Waals surface area contributed by atoms with Crippen LogP contribution in [-0.2, 0) is 13.5 Å². The zero-order valence-corrected chi connectivity index (χ0v) is 12.1. The Bertz CT molecular complexity index is 577. The van der Waals surface area contributed by atoms with Gasteiger partial charge in [-0.3, -0.25) is 0 Å². The number of aryl methyl sites for hydroxylation is 1. The molecule has 2 aromatic rings. The lowest BCUT2D eigenvalue weighted by Gasteiger charge is -2.11. The van der Waals surface area contributed by atoms with Gasteiger partial charge in [-0.15, -0.1) is 0 Å². The molecule has 102 valence electrons. The molecule has 3 heteroatoms. The molecule has 2 heterocycles. The second-order valence-corrected chi connectivity index (χ2v) is 5.95. The van der Waals surface area contributed by atoms with Crippen molar-refractivity contribution in [1.82, 2.24) is 14.9 Å². The Morgan fingerprint density at radius 1 is 1.42 bits per heavy atom. The van der Waals surface area contributed by atoms with Crippen LogP contribution in [0.25, 0.3) is 11.0 Å². The Balaban J connectivity index is 2.02. The van der Waals surface area contributed by atoms with Gasteiger partial charge >= 0.3 is 0 Å². The van der Waals surface area contributed by atoms with Crippen LogP contribution in [0.5, 0.6) is 0 Å². The lowest BCUT2D eigenvalue weighted by atomic mass is 10.0. The second-order valence-electron chi connectivity index (χ2n) is 5.95. The van der Waals surface area contributed by atoms with Crippen molar-refractivity contribution in [2.45, 2.75) is 45.1 Å². The molecule has 1 saturated heterocycles. The molecule has 1 atom stereocenters. The molecule has 1 aromatic heterocycles. The molecule has 0 bridgehead atoms. The van der Waals surface area contributed by atoms with Gasteiger partial charge in [-0.05, 0) is 36.9 Å². The topological polar surface area (TPSA) is 29.9 Å². The number of aromatic nitrogens is 2. The van der Waals surface area contributed by atoms with Crippen LogP contribution < -0.4 is 5.32 Å². The standard InChI is InChI=1S/C16H23N3/c1-11(2)13-7-4-8-14-16(13)19(3)15(18-14)10-12-6-5-9-17-12/h4,7-8,11-12,17H,5-6,9-10H2,1-3H3. The van der Waals surface area contributed by atoms with Gasteiger partial charge in [0.05, 0.1) is 11.0 Å². The largest absolute Gasteiger partial charge is 0.331 e. The van der Waals surface area contributed by atoms with Crippen LogP contribution in [0.15, 0.2) is 18.2 Å². The highest BCUT2D eigenvalue weighted by atomic mass is 15.1. The van der Waals surface area contributed by atoms with E-state index in [4.69, 9.17) is 4.98 Å². The first-order chi connectivity index (χ1) is 9.16. The minimum atomic E-state index is 0.538. The fourth-order valence-electron chi connectivity index (χ4n) is 3.15. The van der Waals surface area contributed by atoms with Crippen LogP contribution >= 0.6 is 0 Å². The van der Waals surface area contributed by atoms with E-state index in [2.05, 4.69) is 49.0 Å². The molecule has 0 saturated carbocycles. The van der Waals surface area contributed by atoms with Crippen molar-refractivity contribution in [2.75, 3.05) is 6.54 Å². The number of rotatable bonds is 3. The molecule has 0 radical (unpaired) electrons. The summed E-state index contributed by atoms with van der Waals surface area (Å²) < 4.78 is 2.30. The summed E-state index contributed by atoms with van der Waals surface area (Å²) in [5, 5.41) is 3.56. The van der Waals surface area contributed by atoms with Gasteiger partial charge in [0.1, 0.15) is 5.82 Å². The Morgan fingerprint density at radius 3 is 2.95 bits per heavy atom. The highest BCUT2D eigenvalue weighted by Gasteiger charge is 2.19. The fourth-order valence-corrected chi connectivity index (χ4v) is 3.15. The third-order valence-electron chi connectivity index (χ3n) is 4.23. The second kappa shape index (κ2) is 4.97. The summed E-state index contributed by atoms with van der Waals surface area (Å²) in [6.07, 6.45) is 3.62. The Labute approximate surface area is 115 Å². The maximum absolute atomic E-state index is 4.84. The minimum absolute atomic E-state index is 0.538. The van der Waals surface area contributed by atoms with Crippen molar-refractivity contribution in [2.24, 2.45) is 7.05 Å². The van der Waals surface area contributed by atoms with Gasteiger partial charge in [-0.2, -0.15) is 0 Å². The molecule has 3 nitrogen and oxygen atoms in total. The zero-order valence-electron chi connectivity index (χ0n) is 12.1. The molecular weight excluding hydrogens is 234 g/mol. The fraction of sp³-hybridized carbons (Fsp3) is 0.562. The third kappa shape index (κ3) is 2.27. The number of nitrogens with one attached hydrogen (secondary N) is 1. The first-order valence-electron chi connectivity index (χ1n) is 7.34. The number of hydrogen-bond acceptors (Lipinski definition) is 2. The average molecular weight is 257 g/mol. The van der Waals surface area contributed by atoms with Gasteiger partial charge in [0.2, 0.25) is 0 Å². The maximum Gasteiger partial charge on any atom is 0.111 e. The first kappa shape index (κ1) is 12.7. The summed E-state index contributed by atoms with van der Waals surface area (Å²) in [5.41, 5.74) is 3.85. The van der Waals surface area contributed by atoms with E-state index in [0.29, 0.717) is 12.0 Å². The van der Waals surface area contributed by atoms with E-state index >= 15 is 0 Å². The van der Waals surface area contributed by atoms with Gasteiger partial charge < -0.3 is 9.88 Å². The van der Waals surface area contributed by atoms with Gasteiger partial charge in [-0.1, -0.05) is 26.0 Å².